The summed E-state index contributed by atoms with van der Waals surface area (Å²) in [5.74, 6) is 0.212. The number of hydrazone groups is 1. The molecule has 0 fully saturated rings. The molecule has 2 aromatic carbocycles. The van der Waals surface area contributed by atoms with Gasteiger partial charge in [0.05, 0.1) is 12.8 Å². The Bertz CT molecular complexity index is 703. The zero-order chi connectivity index (χ0) is 17.4. The van der Waals surface area contributed by atoms with Gasteiger partial charge in [-0.2, -0.15) is 13.9 Å². The fourth-order valence-electron chi connectivity index (χ4n) is 1.88. The van der Waals surface area contributed by atoms with Gasteiger partial charge < -0.3 is 9.47 Å². The lowest BCUT2D eigenvalue weighted by atomic mass is 10.2. The number of amides is 1. The topological polar surface area (TPSA) is 59.9 Å². The molecule has 0 radical (unpaired) electrons. The molecule has 0 aliphatic carbocycles. The lowest BCUT2D eigenvalue weighted by molar-refractivity contribution is -0.0499. The molecule has 126 valence electrons. The highest BCUT2D eigenvalue weighted by atomic mass is 19.3. The van der Waals surface area contributed by atoms with Gasteiger partial charge in [0.2, 0.25) is 0 Å². The van der Waals surface area contributed by atoms with E-state index in [1.807, 2.05) is 6.92 Å². The number of carbonyl (C=O) groups is 1. The minimum absolute atomic E-state index is 0.0217. The van der Waals surface area contributed by atoms with Crippen LogP contribution in [0.5, 0.6) is 11.5 Å². The van der Waals surface area contributed by atoms with Crippen molar-refractivity contribution in [3.63, 3.8) is 0 Å². The number of hydrogen-bond donors (Lipinski definition) is 1. The standard InChI is InChI=1S/C17H16F2N2O3/c1-2-23-14-9-7-12(8-10-14)16(22)21-20-11-13-5-3-4-6-15(13)24-17(18)19/h3-11,17H,2H2,1H3,(H,21,22)/b20-11+. The highest BCUT2D eigenvalue weighted by Gasteiger charge is 2.08. The van der Waals surface area contributed by atoms with Crippen molar-refractivity contribution in [2.24, 2.45) is 5.10 Å². The fraction of sp³-hybridized carbons (Fsp3) is 0.176. The van der Waals surface area contributed by atoms with E-state index < -0.39 is 12.5 Å². The number of benzene rings is 2. The number of halogens is 2. The molecule has 0 saturated heterocycles. The Morgan fingerprint density at radius 3 is 2.58 bits per heavy atom. The Kier molecular flexibility index (Phi) is 6.24. The zero-order valence-electron chi connectivity index (χ0n) is 12.9. The zero-order valence-corrected chi connectivity index (χ0v) is 12.9. The monoisotopic (exact) mass is 334 g/mol. The molecule has 0 aliphatic rings. The predicted molar refractivity (Wildman–Crippen MR) is 85.7 cm³/mol. The number of para-hydroxylation sites is 1. The lowest BCUT2D eigenvalue weighted by Gasteiger charge is -2.07. The van der Waals surface area contributed by atoms with E-state index in [9.17, 15) is 13.6 Å². The second-order valence-electron chi connectivity index (χ2n) is 4.57. The van der Waals surface area contributed by atoms with Gasteiger partial charge >= 0.3 is 6.61 Å². The van der Waals surface area contributed by atoms with Crippen LogP contribution in [0.3, 0.4) is 0 Å². The number of alkyl halides is 2. The van der Waals surface area contributed by atoms with Crippen LogP contribution in [-0.2, 0) is 0 Å². The molecule has 0 aliphatic heterocycles. The molecule has 2 aromatic rings. The van der Waals surface area contributed by atoms with Crippen LogP contribution in [0.2, 0.25) is 0 Å². The summed E-state index contributed by atoms with van der Waals surface area (Å²) in [4.78, 5) is 11.9. The van der Waals surface area contributed by atoms with Crippen molar-refractivity contribution >= 4 is 12.1 Å². The van der Waals surface area contributed by atoms with Crippen LogP contribution >= 0.6 is 0 Å². The number of nitrogens with zero attached hydrogens (tertiary/aromatic N) is 1. The Labute approximate surface area is 137 Å². The summed E-state index contributed by atoms with van der Waals surface area (Å²) >= 11 is 0. The molecule has 0 saturated carbocycles. The van der Waals surface area contributed by atoms with Gasteiger partial charge in [0.25, 0.3) is 5.91 Å². The van der Waals surface area contributed by atoms with E-state index in [-0.39, 0.29) is 5.75 Å². The average molecular weight is 334 g/mol. The third-order valence-electron chi connectivity index (χ3n) is 2.93. The van der Waals surface area contributed by atoms with Gasteiger partial charge in [-0.1, -0.05) is 12.1 Å². The molecule has 7 heteroatoms. The van der Waals surface area contributed by atoms with E-state index in [1.165, 1.54) is 12.3 Å². The van der Waals surface area contributed by atoms with Crippen molar-refractivity contribution in [1.29, 1.82) is 0 Å². The molecule has 1 N–H and O–H groups in total. The van der Waals surface area contributed by atoms with Crippen molar-refractivity contribution in [3.8, 4) is 11.5 Å². The third kappa shape index (κ3) is 5.05. The lowest BCUT2D eigenvalue weighted by Crippen LogP contribution is -2.17. The molecule has 1 amide bonds. The third-order valence-corrected chi connectivity index (χ3v) is 2.93. The molecule has 24 heavy (non-hydrogen) atoms. The van der Waals surface area contributed by atoms with Crippen molar-refractivity contribution in [2.45, 2.75) is 13.5 Å². The Morgan fingerprint density at radius 2 is 1.92 bits per heavy atom. The Morgan fingerprint density at radius 1 is 1.21 bits per heavy atom. The number of hydrogen-bond acceptors (Lipinski definition) is 4. The van der Waals surface area contributed by atoms with Crippen molar-refractivity contribution in [1.82, 2.24) is 5.43 Å². The van der Waals surface area contributed by atoms with Crippen LogP contribution in [0.15, 0.2) is 53.6 Å². The van der Waals surface area contributed by atoms with E-state index in [0.717, 1.165) is 0 Å². The molecule has 0 unspecified atom stereocenters. The smallest absolute Gasteiger partial charge is 0.387 e. The van der Waals surface area contributed by atoms with Gasteiger partial charge in [-0.15, -0.1) is 0 Å². The van der Waals surface area contributed by atoms with Gasteiger partial charge in [0.1, 0.15) is 11.5 Å². The van der Waals surface area contributed by atoms with Crippen LogP contribution in [-0.4, -0.2) is 25.3 Å². The van der Waals surface area contributed by atoms with E-state index >= 15 is 0 Å². The summed E-state index contributed by atoms with van der Waals surface area (Å²) in [6.45, 7) is -0.529. The fourth-order valence-corrected chi connectivity index (χ4v) is 1.88. The highest BCUT2D eigenvalue weighted by molar-refractivity contribution is 5.95. The van der Waals surface area contributed by atoms with Gasteiger partial charge in [0.15, 0.2) is 0 Å². The first kappa shape index (κ1) is 17.4. The van der Waals surface area contributed by atoms with E-state index in [0.29, 0.717) is 23.5 Å². The average Bonchev–Trinajstić information content (AvgIpc) is 2.57. The SMILES string of the molecule is CCOc1ccc(C(=O)N/N=C/c2ccccc2OC(F)F)cc1. The van der Waals surface area contributed by atoms with Crippen LogP contribution in [0.4, 0.5) is 8.78 Å². The summed E-state index contributed by atoms with van der Waals surface area (Å²) in [6.07, 6.45) is 1.24. The summed E-state index contributed by atoms with van der Waals surface area (Å²) in [6, 6.07) is 12.7. The Balaban J connectivity index is 1.99. The molecular formula is C17H16F2N2O3. The van der Waals surface area contributed by atoms with Gasteiger partial charge in [-0.25, -0.2) is 5.43 Å². The molecule has 0 spiro atoms. The quantitative estimate of drug-likeness (QED) is 0.623. The van der Waals surface area contributed by atoms with Crippen molar-refractivity contribution in [3.05, 3.63) is 59.7 Å². The first-order valence-corrected chi connectivity index (χ1v) is 7.20. The maximum Gasteiger partial charge on any atom is 0.387 e. The van der Waals surface area contributed by atoms with Crippen molar-refractivity contribution in [2.75, 3.05) is 6.61 Å². The molecule has 0 heterocycles. The molecule has 0 bridgehead atoms. The number of nitrogens with one attached hydrogen (secondary N) is 1. The highest BCUT2D eigenvalue weighted by Crippen LogP contribution is 2.18. The van der Waals surface area contributed by atoms with Crippen molar-refractivity contribution < 1.29 is 23.0 Å². The van der Waals surface area contributed by atoms with Gasteiger partial charge in [0, 0.05) is 11.1 Å². The number of ether oxygens (including phenoxy) is 2. The van der Waals surface area contributed by atoms with Gasteiger partial charge in [-0.05, 0) is 43.3 Å². The van der Waals surface area contributed by atoms with Crippen LogP contribution in [0.1, 0.15) is 22.8 Å². The number of carbonyl (C=O) groups excluding carboxylic acids is 1. The van der Waals surface area contributed by atoms with E-state index in [4.69, 9.17) is 4.74 Å². The molecule has 0 atom stereocenters. The largest absolute Gasteiger partial charge is 0.494 e. The molecule has 2 rings (SSSR count). The minimum atomic E-state index is -2.93. The predicted octanol–water partition coefficient (Wildman–Crippen LogP) is 3.45. The Hall–Kier alpha value is -2.96. The maximum atomic E-state index is 12.3. The van der Waals surface area contributed by atoms with E-state index in [1.54, 1.807) is 42.5 Å². The second kappa shape index (κ2) is 8.61. The minimum Gasteiger partial charge on any atom is -0.494 e. The van der Waals surface area contributed by atoms with Gasteiger partial charge in [-0.3, -0.25) is 4.79 Å². The summed E-state index contributed by atoms with van der Waals surface area (Å²) in [7, 11) is 0. The molecular weight excluding hydrogens is 318 g/mol. The molecule has 0 aromatic heterocycles. The second-order valence-corrected chi connectivity index (χ2v) is 4.57. The maximum absolute atomic E-state index is 12.3. The summed E-state index contributed by atoms with van der Waals surface area (Å²) in [5.41, 5.74) is 3.05. The number of rotatable bonds is 7. The summed E-state index contributed by atoms with van der Waals surface area (Å²) < 4.78 is 34.3. The normalized spacial score (nSPS) is 10.8. The first-order chi connectivity index (χ1) is 11.6. The van der Waals surface area contributed by atoms with Crippen LogP contribution in [0, 0.1) is 0 Å². The van der Waals surface area contributed by atoms with Crippen LogP contribution < -0.4 is 14.9 Å². The van der Waals surface area contributed by atoms with E-state index in [2.05, 4.69) is 15.3 Å². The summed E-state index contributed by atoms with van der Waals surface area (Å²) in [5, 5.41) is 3.76. The van der Waals surface area contributed by atoms with Crippen LogP contribution in [0.25, 0.3) is 0 Å². The molecule has 5 nitrogen and oxygen atoms in total. The first-order valence-electron chi connectivity index (χ1n) is 7.20.